The second-order valence-corrected chi connectivity index (χ2v) is 7.61. The molecular formula is C17H34N2O2. The van der Waals surface area contributed by atoms with Crippen molar-refractivity contribution in [2.75, 3.05) is 13.1 Å². The number of ether oxygens (including phenoxy) is 1. The highest BCUT2D eigenvalue weighted by molar-refractivity contribution is 5.67. The van der Waals surface area contributed by atoms with Gasteiger partial charge in [-0.1, -0.05) is 26.7 Å². The van der Waals surface area contributed by atoms with E-state index in [9.17, 15) is 4.79 Å². The maximum Gasteiger partial charge on any atom is 0.407 e. The van der Waals surface area contributed by atoms with Gasteiger partial charge < -0.3 is 15.4 Å². The fraction of sp³-hybridized carbons (Fsp3) is 0.941. The average molecular weight is 298 g/mol. The van der Waals surface area contributed by atoms with E-state index in [1.165, 1.54) is 25.7 Å². The molecule has 1 fully saturated rings. The van der Waals surface area contributed by atoms with Crippen LogP contribution < -0.4 is 10.6 Å². The Balaban J connectivity index is 2.47. The quantitative estimate of drug-likeness (QED) is 0.718. The molecule has 0 bridgehead atoms. The minimum Gasteiger partial charge on any atom is -0.444 e. The number of rotatable bonds is 8. The molecule has 4 heteroatoms. The van der Waals surface area contributed by atoms with E-state index in [0.717, 1.165) is 6.54 Å². The first-order chi connectivity index (χ1) is 9.70. The molecule has 1 saturated carbocycles. The van der Waals surface area contributed by atoms with Gasteiger partial charge in [0.05, 0.1) is 0 Å². The lowest BCUT2D eigenvalue weighted by Gasteiger charge is -2.33. The highest BCUT2D eigenvalue weighted by Gasteiger charge is 2.41. The van der Waals surface area contributed by atoms with E-state index in [1.807, 2.05) is 20.8 Å². The monoisotopic (exact) mass is 298 g/mol. The second kappa shape index (κ2) is 7.48. The zero-order valence-electron chi connectivity index (χ0n) is 14.7. The molecule has 0 radical (unpaired) electrons. The lowest BCUT2D eigenvalue weighted by molar-refractivity contribution is 0.0507. The summed E-state index contributed by atoms with van der Waals surface area (Å²) < 4.78 is 5.32. The third kappa shape index (κ3) is 6.68. The highest BCUT2D eigenvalue weighted by Crippen LogP contribution is 2.39. The third-order valence-corrected chi connectivity index (χ3v) is 4.43. The third-order valence-electron chi connectivity index (χ3n) is 4.43. The van der Waals surface area contributed by atoms with Gasteiger partial charge in [0.2, 0.25) is 0 Å². The average Bonchev–Trinajstić information content (AvgIpc) is 3.20. The number of amides is 1. The Kier molecular flexibility index (Phi) is 6.51. The summed E-state index contributed by atoms with van der Waals surface area (Å²) >= 11 is 0. The lowest BCUT2D eigenvalue weighted by Crippen LogP contribution is -2.54. The van der Waals surface area contributed by atoms with E-state index < -0.39 is 5.60 Å². The molecule has 0 saturated heterocycles. The minimum absolute atomic E-state index is 0.0144. The van der Waals surface area contributed by atoms with E-state index in [-0.39, 0.29) is 11.6 Å². The second-order valence-electron chi connectivity index (χ2n) is 7.61. The molecule has 1 aliphatic carbocycles. The molecule has 1 rings (SSSR count). The van der Waals surface area contributed by atoms with Gasteiger partial charge in [-0.2, -0.15) is 0 Å². The van der Waals surface area contributed by atoms with Crippen LogP contribution in [-0.4, -0.2) is 30.3 Å². The number of carbonyl (C=O) groups excluding carboxylic acids is 1. The molecule has 0 aromatic heterocycles. The van der Waals surface area contributed by atoms with Crippen LogP contribution in [0.4, 0.5) is 4.79 Å². The number of alkyl carbamates (subject to hydrolysis) is 1. The van der Waals surface area contributed by atoms with Gasteiger partial charge in [0.15, 0.2) is 0 Å². The fourth-order valence-electron chi connectivity index (χ4n) is 2.60. The largest absolute Gasteiger partial charge is 0.444 e. The fourth-order valence-corrected chi connectivity index (χ4v) is 2.60. The van der Waals surface area contributed by atoms with E-state index in [2.05, 4.69) is 31.4 Å². The van der Waals surface area contributed by atoms with Crippen LogP contribution in [0.15, 0.2) is 0 Å². The Hall–Kier alpha value is -0.770. The summed E-state index contributed by atoms with van der Waals surface area (Å²) in [6.45, 7) is 14.0. The van der Waals surface area contributed by atoms with Gasteiger partial charge in [-0.3, -0.25) is 0 Å². The predicted molar refractivity (Wildman–Crippen MR) is 87.4 cm³/mol. The van der Waals surface area contributed by atoms with Crippen molar-refractivity contribution in [3.8, 4) is 0 Å². The number of carbonyl (C=O) groups is 1. The summed E-state index contributed by atoms with van der Waals surface area (Å²) in [5.41, 5.74) is -0.456. The molecule has 124 valence electrons. The first-order valence-electron chi connectivity index (χ1n) is 8.42. The summed E-state index contributed by atoms with van der Waals surface area (Å²) in [4.78, 5) is 11.8. The van der Waals surface area contributed by atoms with Crippen LogP contribution in [0.25, 0.3) is 0 Å². The Morgan fingerprint density at radius 2 is 1.76 bits per heavy atom. The smallest absolute Gasteiger partial charge is 0.407 e. The normalized spacial score (nSPS) is 18.4. The molecule has 21 heavy (non-hydrogen) atoms. The van der Waals surface area contributed by atoms with Crippen LogP contribution in [0.3, 0.4) is 0 Å². The summed E-state index contributed by atoms with van der Waals surface area (Å²) in [5, 5.41) is 6.65. The first kappa shape index (κ1) is 18.3. The Labute approximate surface area is 130 Å². The standard InChI is InChI=1S/C17H34N2O2/c1-7-13(8-2)11-19-17(6,14-9-10-14)12-18-15(20)21-16(3,4)5/h13-14,19H,7-12H2,1-6H3,(H,18,20). The number of hydrogen-bond donors (Lipinski definition) is 2. The molecule has 2 N–H and O–H groups in total. The van der Waals surface area contributed by atoms with Crippen molar-refractivity contribution >= 4 is 6.09 Å². The highest BCUT2D eigenvalue weighted by atomic mass is 16.6. The van der Waals surface area contributed by atoms with Crippen molar-refractivity contribution in [3.05, 3.63) is 0 Å². The van der Waals surface area contributed by atoms with Crippen LogP contribution in [-0.2, 0) is 4.74 Å². The summed E-state index contributed by atoms with van der Waals surface area (Å²) in [5.74, 6) is 1.38. The Bertz CT molecular complexity index is 330. The molecule has 0 aromatic carbocycles. The van der Waals surface area contributed by atoms with Gasteiger partial charge in [-0.15, -0.1) is 0 Å². The zero-order valence-corrected chi connectivity index (χ0v) is 14.7. The predicted octanol–water partition coefficient (Wildman–Crippen LogP) is 3.71. The SMILES string of the molecule is CCC(CC)CNC(C)(CNC(=O)OC(C)(C)C)C1CC1. The zero-order chi connectivity index (χ0) is 16.1. The van der Waals surface area contributed by atoms with Gasteiger partial charge in [0.1, 0.15) is 5.60 Å². The van der Waals surface area contributed by atoms with Crippen molar-refractivity contribution in [2.45, 2.75) is 78.4 Å². The molecule has 1 aliphatic rings. The van der Waals surface area contributed by atoms with Crippen LogP contribution in [0, 0.1) is 11.8 Å². The minimum atomic E-state index is -0.441. The van der Waals surface area contributed by atoms with E-state index in [1.54, 1.807) is 0 Å². The molecule has 1 unspecified atom stereocenters. The van der Waals surface area contributed by atoms with Crippen LogP contribution in [0.1, 0.15) is 67.2 Å². The molecule has 0 aliphatic heterocycles. The topological polar surface area (TPSA) is 50.4 Å². The first-order valence-corrected chi connectivity index (χ1v) is 8.42. The van der Waals surface area contributed by atoms with Crippen molar-refractivity contribution < 1.29 is 9.53 Å². The van der Waals surface area contributed by atoms with Gasteiger partial charge >= 0.3 is 6.09 Å². The van der Waals surface area contributed by atoms with Gasteiger partial charge in [0.25, 0.3) is 0 Å². The Morgan fingerprint density at radius 3 is 2.19 bits per heavy atom. The summed E-state index contributed by atoms with van der Waals surface area (Å²) in [6, 6.07) is 0. The lowest BCUT2D eigenvalue weighted by atomic mass is 9.93. The van der Waals surface area contributed by atoms with Crippen LogP contribution in [0.5, 0.6) is 0 Å². The molecule has 1 atom stereocenters. The van der Waals surface area contributed by atoms with Crippen molar-refractivity contribution in [2.24, 2.45) is 11.8 Å². The maximum absolute atomic E-state index is 11.8. The molecule has 4 nitrogen and oxygen atoms in total. The van der Waals surface area contributed by atoms with Gasteiger partial charge in [0, 0.05) is 12.1 Å². The molecular weight excluding hydrogens is 264 g/mol. The van der Waals surface area contributed by atoms with E-state index in [0.29, 0.717) is 18.4 Å². The van der Waals surface area contributed by atoms with E-state index >= 15 is 0 Å². The van der Waals surface area contributed by atoms with E-state index in [4.69, 9.17) is 4.74 Å². The molecule has 0 aromatic rings. The number of nitrogens with one attached hydrogen (secondary N) is 2. The Morgan fingerprint density at radius 1 is 1.19 bits per heavy atom. The molecule has 0 heterocycles. The summed E-state index contributed by atoms with van der Waals surface area (Å²) in [7, 11) is 0. The van der Waals surface area contributed by atoms with Crippen LogP contribution in [0.2, 0.25) is 0 Å². The van der Waals surface area contributed by atoms with Crippen molar-refractivity contribution in [1.82, 2.24) is 10.6 Å². The van der Waals surface area contributed by atoms with Gasteiger partial charge in [-0.25, -0.2) is 4.79 Å². The number of hydrogen-bond acceptors (Lipinski definition) is 3. The van der Waals surface area contributed by atoms with Crippen molar-refractivity contribution in [3.63, 3.8) is 0 Å². The molecule has 0 spiro atoms. The summed E-state index contributed by atoms with van der Waals surface area (Å²) in [6.07, 6.45) is 4.58. The van der Waals surface area contributed by atoms with Crippen molar-refractivity contribution in [1.29, 1.82) is 0 Å². The van der Waals surface area contributed by atoms with Gasteiger partial charge in [-0.05, 0) is 58.9 Å². The van der Waals surface area contributed by atoms with Crippen LogP contribution >= 0.6 is 0 Å². The maximum atomic E-state index is 11.8. The molecule has 1 amide bonds.